The Kier molecular flexibility index (Phi) is 3.47. The van der Waals surface area contributed by atoms with Crippen LogP contribution in [0.25, 0.3) is 10.2 Å². The Morgan fingerprint density at radius 2 is 2.00 bits per heavy atom. The van der Waals surface area contributed by atoms with Crippen LogP contribution in [-0.2, 0) is 10.0 Å². The van der Waals surface area contributed by atoms with E-state index < -0.39 is 10.0 Å². The van der Waals surface area contributed by atoms with Gasteiger partial charge in [0.25, 0.3) is 0 Å². The number of ketones is 1. The molecule has 0 bridgehead atoms. The normalized spacial score (nSPS) is 11.7. The Morgan fingerprint density at radius 3 is 2.67 bits per heavy atom. The van der Waals surface area contributed by atoms with E-state index in [4.69, 9.17) is 0 Å². The van der Waals surface area contributed by atoms with Gasteiger partial charge in [0.2, 0.25) is 21.8 Å². The van der Waals surface area contributed by atoms with Gasteiger partial charge in [-0.3, -0.25) is 9.52 Å². The van der Waals surface area contributed by atoms with Gasteiger partial charge in [-0.25, -0.2) is 18.4 Å². The van der Waals surface area contributed by atoms with E-state index in [1.54, 1.807) is 29.0 Å². The molecule has 0 aliphatic heterocycles. The van der Waals surface area contributed by atoms with E-state index in [0.717, 1.165) is 6.26 Å². The summed E-state index contributed by atoms with van der Waals surface area (Å²) in [5, 5.41) is 3.59. The highest BCUT2D eigenvalue weighted by Crippen LogP contribution is 2.26. The first kappa shape index (κ1) is 14.1. The number of hydrogen-bond acceptors (Lipinski definition) is 7. The number of hydrogen-bond donors (Lipinski definition) is 1. The second-order valence-corrected chi connectivity index (χ2v) is 7.82. The molecule has 0 saturated heterocycles. The first-order chi connectivity index (χ1) is 9.94. The second kappa shape index (κ2) is 5.17. The van der Waals surface area contributed by atoms with Gasteiger partial charge in [0, 0.05) is 0 Å². The maximum Gasteiger partial charge on any atom is 0.237 e. The maximum atomic E-state index is 12.5. The van der Waals surface area contributed by atoms with E-state index in [1.807, 2.05) is 0 Å². The third-order valence-electron chi connectivity index (χ3n) is 2.54. The highest BCUT2D eigenvalue weighted by Gasteiger charge is 2.19. The molecule has 0 fully saturated rings. The van der Waals surface area contributed by atoms with Crippen molar-refractivity contribution in [3.05, 3.63) is 39.5 Å². The molecule has 9 heteroatoms. The predicted molar refractivity (Wildman–Crippen MR) is 83.6 cm³/mol. The maximum absolute atomic E-state index is 12.5. The molecule has 108 valence electrons. The second-order valence-electron chi connectivity index (χ2n) is 4.21. The van der Waals surface area contributed by atoms with Crippen molar-refractivity contribution in [2.45, 2.75) is 0 Å². The first-order valence-corrected chi connectivity index (χ1v) is 9.40. The van der Waals surface area contributed by atoms with Gasteiger partial charge in [-0.2, -0.15) is 0 Å². The minimum absolute atomic E-state index is 0.0942. The highest BCUT2D eigenvalue weighted by atomic mass is 32.2. The standard InChI is InChI=1S/C12H9N3O3S3/c1-21(17,18)15-12-13-7-4-6-20-11(7)9(14-12)10(16)8-3-2-5-19-8/h2-6H,1H3,(H,13,14,15). The molecule has 0 aliphatic rings. The van der Waals surface area contributed by atoms with Gasteiger partial charge >= 0.3 is 0 Å². The summed E-state index contributed by atoms with van der Waals surface area (Å²) < 4.78 is 25.5. The van der Waals surface area contributed by atoms with Crippen molar-refractivity contribution in [1.82, 2.24) is 9.97 Å². The van der Waals surface area contributed by atoms with Crippen molar-refractivity contribution in [3.63, 3.8) is 0 Å². The number of carbonyl (C=O) groups is 1. The van der Waals surface area contributed by atoms with Gasteiger partial charge < -0.3 is 0 Å². The van der Waals surface area contributed by atoms with Crippen LogP contribution in [0.2, 0.25) is 0 Å². The fourth-order valence-corrected chi connectivity index (χ4v) is 3.66. The summed E-state index contributed by atoms with van der Waals surface area (Å²) in [5.41, 5.74) is 0.754. The van der Waals surface area contributed by atoms with Crippen LogP contribution >= 0.6 is 22.7 Å². The van der Waals surface area contributed by atoms with Crippen LogP contribution in [0.1, 0.15) is 15.4 Å². The zero-order valence-corrected chi connectivity index (χ0v) is 13.2. The van der Waals surface area contributed by atoms with Crippen molar-refractivity contribution in [3.8, 4) is 0 Å². The van der Waals surface area contributed by atoms with E-state index in [-0.39, 0.29) is 17.4 Å². The largest absolute Gasteiger partial charge is 0.286 e. The number of nitrogens with one attached hydrogen (secondary N) is 1. The van der Waals surface area contributed by atoms with Crippen molar-refractivity contribution < 1.29 is 13.2 Å². The molecule has 6 nitrogen and oxygen atoms in total. The Labute approximate surface area is 128 Å². The van der Waals surface area contributed by atoms with Crippen LogP contribution in [0.5, 0.6) is 0 Å². The monoisotopic (exact) mass is 339 g/mol. The SMILES string of the molecule is CS(=O)(=O)Nc1nc(C(=O)c2cccs2)c2sccc2n1. The van der Waals surface area contributed by atoms with Crippen molar-refractivity contribution in [2.24, 2.45) is 0 Å². The van der Waals surface area contributed by atoms with Gasteiger partial charge in [-0.1, -0.05) is 6.07 Å². The van der Waals surface area contributed by atoms with Crippen LogP contribution < -0.4 is 4.72 Å². The number of aromatic nitrogens is 2. The lowest BCUT2D eigenvalue weighted by Crippen LogP contribution is -2.14. The van der Waals surface area contributed by atoms with Crippen LogP contribution in [0.3, 0.4) is 0 Å². The van der Waals surface area contributed by atoms with Crippen molar-refractivity contribution >= 4 is 54.6 Å². The Morgan fingerprint density at radius 1 is 1.19 bits per heavy atom. The van der Waals surface area contributed by atoms with Gasteiger partial charge in [-0.05, 0) is 22.9 Å². The molecule has 1 N–H and O–H groups in total. The summed E-state index contributed by atoms with van der Waals surface area (Å²) in [7, 11) is -3.51. The average molecular weight is 339 g/mol. The number of fused-ring (bicyclic) bond motifs is 1. The third-order valence-corrected chi connectivity index (χ3v) is 4.87. The topological polar surface area (TPSA) is 89.0 Å². The van der Waals surface area contributed by atoms with Gasteiger partial charge in [0.05, 0.1) is 21.3 Å². The average Bonchev–Trinajstić information content (AvgIpc) is 3.05. The molecule has 0 amide bonds. The lowest BCUT2D eigenvalue weighted by Gasteiger charge is -2.05. The van der Waals surface area contributed by atoms with Crippen LogP contribution in [0.4, 0.5) is 5.95 Å². The number of thiophene rings is 2. The van der Waals surface area contributed by atoms with Crippen LogP contribution in [0.15, 0.2) is 29.0 Å². The fourth-order valence-electron chi connectivity index (χ4n) is 1.75. The van der Waals surface area contributed by atoms with Crippen molar-refractivity contribution in [1.29, 1.82) is 0 Å². The van der Waals surface area contributed by atoms with Crippen LogP contribution in [-0.4, -0.2) is 30.4 Å². The zero-order chi connectivity index (χ0) is 15.0. The fraction of sp³-hybridized carbons (Fsp3) is 0.0833. The molecule has 0 radical (unpaired) electrons. The number of rotatable bonds is 4. The molecule has 3 aromatic rings. The number of sulfonamides is 1. The van der Waals surface area contributed by atoms with Gasteiger partial charge in [0.15, 0.2) is 0 Å². The first-order valence-electron chi connectivity index (χ1n) is 5.75. The van der Waals surface area contributed by atoms with E-state index in [0.29, 0.717) is 15.1 Å². The number of carbonyl (C=O) groups excluding carboxylic acids is 1. The molecule has 3 rings (SSSR count). The summed E-state index contributed by atoms with van der Waals surface area (Å²) in [5.74, 6) is -0.334. The van der Waals surface area contributed by atoms with Crippen LogP contribution in [0, 0.1) is 0 Å². The minimum Gasteiger partial charge on any atom is -0.286 e. The molecule has 0 aromatic carbocycles. The quantitative estimate of drug-likeness (QED) is 0.737. The van der Waals surface area contributed by atoms with E-state index in [2.05, 4.69) is 14.7 Å². The molecule has 3 heterocycles. The minimum atomic E-state index is -3.51. The van der Waals surface area contributed by atoms with E-state index in [1.165, 1.54) is 22.7 Å². The molecule has 3 aromatic heterocycles. The van der Waals surface area contributed by atoms with Gasteiger partial charge in [0.1, 0.15) is 5.69 Å². The molecule has 0 aliphatic carbocycles. The summed E-state index contributed by atoms with van der Waals surface area (Å²) in [6.07, 6.45) is 1.01. The zero-order valence-electron chi connectivity index (χ0n) is 10.7. The Hall–Kier alpha value is -1.84. The third kappa shape index (κ3) is 2.94. The molecular weight excluding hydrogens is 330 g/mol. The van der Waals surface area contributed by atoms with Gasteiger partial charge in [-0.15, -0.1) is 22.7 Å². The summed E-state index contributed by atoms with van der Waals surface area (Å²) in [4.78, 5) is 21.2. The number of anilines is 1. The molecule has 0 atom stereocenters. The Bertz CT molecular complexity index is 914. The predicted octanol–water partition coefficient (Wildman–Crippen LogP) is 2.36. The molecular formula is C12H9N3O3S3. The van der Waals surface area contributed by atoms with E-state index in [9.17, 15) is 13.2 Å². The summed E-state index contributed by atoms with van der Waals surface area (Å²) >= 11 is 2.66. The lowest BCUT2D eigenvalue weighted by molar-refractivity contribution is 0.103. The highest BCUT2D eigenvalue weighted by molar-refractivity contribution is 7.92. The molecule has 0 saturated carbocycles. The molecule has 0 unspecified atom stereocenters. The summed E-state index contributed by atoms with van der Waals surface area (Å²) in [6.45, 7) is 0. The Balaban J connectivity index is 2.16. The number of nitrogens with zero attached hydrogens (tertiary/aromatic N) is 2. The lowest BCUT2D eigenvalue weighted by atomic mass is 10.2. The molecule has 0 spiro atoms. The van der Waals surface area contributed by atoms with Crippen molar-refractivity contribution in [2.75, 3.05) is 11.0 Å². The molecule has 21 heavy (non-hydrogen) atoms. The smallest absolute Gasteiger partial charge is 0.237 e. The summed E-state index contributed by atoms with van der Waals surface area (Å²) in [6, 6.07) is 5.21. The van der Waals surface area contributed by atoms with E-state index >= 15 is 0 Å².